The summed E-state index contributed by atoms with van der Waals surface area (Å²) in [7, 11) is 0. The lowest BCUT2D eigenvalue weighted by atomic mass is 10.0. The summed E-state index contributed by atoms with van der Waals surface area (Å²) in [5, 5.41) is 2.38. The fourth-order valence-corrected chi connectivity index (χ4v) is 1.28. The summed E-state index contributed by atoms with van der Waals surface area (Å²) in [5.41, 5.74) is 5.53. The van der Waals surface area contributed by atoms with Gasteiger partial charge in [0.05, 0.1) is 11.6 Å². The van der Waals surface area contributed by atoms with Crippen molar-refractivity contribution in [1.29, 1.82) is 0 Å². The van der Waals surface area contributed by atoms with E-state index < -0.39 is 36.0 Å². The number of rotatable bonds is 5. The number of nitrogens with one attached hydrogen (secondary N) is 1. The highest BCUT2D eigenvalue weighted by atomic mass is 19.3. The number of nitrogens with two attached hydrogens (primary N) is 1. The van der Waals surface area contributed by atoms with Gasteiger partial charge >= 0.3 is 6.61 Å². The summed E-state index contributed by atoms with van der Waals surface area (Å²) in [6.07, 6.45) is 0. The Balaban J connectivity index is 2.91. The highest BCUT2D eigenvalue weighted by Gasteiger charge is 2.19. The normalized spacial score (nSPS) is 14.1. The van der Waals surface area contributed by atoms with E-state index in [0.29, 0.717) is 0 Å². The predicted molar refractivity (Wildman–Crippen MR) is 64.5 cm³/mol. The van der Waals surface area contributed by atoms with Crippen LogP contribution in [0.1, 0.15) is 13.8 Å². The Bertz CT molecular complexity index is 453. The quantitative estimate of drug-likeness (QED) is 0.867. The van der Waals surface area contributed by atoms with E-state index >= 15 is 0 Å². The van der Waals surface area contributed by atoms with Crippen LogP contribution >= 0.6 is 0 Å². The van der Waals surface area contributed by atoms with Gasteiger partial charge in [-0.1, -0.05) is 6.92 Å². The van der Waals surface area contributed by atoms with E-state index in [4.69, 9.17) is 5.73 Å². The summed E-state index contributed by atoms with van der Waals surface area (Å²) < 4.78 is 41.5. The van der Waals surface area contributed by atoms with Gasteiger partial charge in [0.2, 0.25) is 5.91 Å². The van der Waals surface area contributed by atoms with E-state index in [1.54, 1.807) is 13.8 Å². The van der Waals surface area contributed by atoms with Crippen molar-refractivity contribution in [2.75, 3.05) is 5.32 Å². The third kappa shape index (κ3) is 4.44. The molecule has 0 bridgehead atoms. The number of carbonyl (C=O) groups excluding carboxylic acids is 1. The van der Waals surface area contributed by atoms with Crippen molar-refractivity contribution in [3.05, 3.63) is 24.0 Å². The first-order valence-corrected chi connectivity index (χ1v) is 5.62. The Morgan fingerprint density at radius 1 is 1.37 bits per heavy atom. The minimum atomic E-state index is -3.11. The highest BCUT2D eigenvalue weighted by Crippen LogP contribution is 2.27. The van der Waals surface area contributed by atoms with E-state index in [1.165, 1.54) is 0 Å². The van der Waals surface area contributed by atoms with E-state index in [9.17, 15) is 18.0 Å². The topological polar surface area (TPSA) is 64.4 Å². The van der Waals surface area contributed by atoms with E-state index in [0.717, 1.165) is 18.2 Å². The average molecular weight is 276 g/mol. The minimum absolute atomic E-state index is 0.0285. The van der Waals surface area contributed by atoms with Crippen LogP contribution in [0.2, 0.25) is 0 Å². The van der Waals surface area contributed by atoms with Gasteiger partial charge in [-0.15, -0.1) is 0 Å². The summed E-state index contributed by atoms with van der Waals surface area (Å²) in [4.78, 5) is 11.7. The molecule has 2 atom stereocenters. The zero-order valence-electron chi connectivity index (χ0n) is 10.5. The van der Waals surface area contributed by atoms with Gasteiger partial charge in [-0.05, 0) is 19.1 Å². The van der Waals surface area contributed by atoms with Crippen molar-refractivity contribution in [2.24, 2.45) is 11.7 Å². The van der Waals surface area contributed by atoms with Gasteiger partial charge in [0.15, 0.2) is 5.75 Å². The third-order valence-corrected chi connectivity index (χ3v) is 2.62. The second kappa shape index (κ2) is 6.42. The first kappa shape index (κ1) is 15.3. The molecular weight excluding hydrogens is 261 g/mol. The van der Waals surface area contributed by atoms with Crippen molar-refractivity contribution in [2.45, 2.75) is 26.5 Å². The van der Waals surface area contributed by atoms with Gasteiger partial charge < -0.3 is 15.8 Å². The Labute approximate surface area is 108 Å². The van der Waals surface area contributed by atoms with Crippen molar-refractivity contribution < 1.29 is 22.7 Å². The van der Waals surface area contributed by atoms with Crippen LogP contribution in [0, 0.1) is 11.7 Å². The van der Waals surface area contributed by atoms with Crippen molar-refractivity contribution >= 4 is 11.6 Å². The zero-order valence-corrected chi connectivity index (χ0v) is 10.5. The largest absolute Gasteiger partial charge is 0.432 e. The van der Waals surface area contributed by atoms with Crippen LogP contribution in [0.3, 0.4) is 0 Å². The Kier molecular flexibility index (Phi) is 5.17. The smallest absolute Gasteiger partial charge is 0.387 e. The molecule has 1 aromatic carbocycles. The third-order valence-electron chi connectivity index (χ3n) is 2.62. The number of halogens is 3. The monoisotopic (exact) mass is 276 g/mol. The van der Waals surface area contributed by atoms with Gasteiger partial charge in [-0.2, -0.15) is 8.78 Å². The van der Waals surface area contributed by atoms with Crippen LogP contribution in [0.25, 0.3) is 0 Å². The van der Waals surface area contributed by atoms with Gasteiger partial charge in [0, 0.05) is 12.1 Å². The maximum absolute atomic E-state index is 13.0. The first-order chi connectivity index (χ1) is 8.81. The summed E-state index contributed by atoms with van der Waals surface area (Å²) in [5.74, 6) is -2.15. The van der Waals surface area contributed by atoms with Crippen molar-refractivity contribution in [3.63, 3.8) is 0 Å². The average Bonchev–Trinajstić information content (AvgIpc) is 2.30. The van der Waals surface area contributed by atoms with Crippen LogP contribution in [0.5, 0.6) is 5.75 Å². The molecule has 3 N–H and O–H groups in total. The lowest BCUT2D eigenvalue weighted by Crippen LogP contribution is -2.34. The number of anilines is 1. The highest BCUT2D eigenvalue weighted by molar-refractivity contribution is 5.94. The molecule has 0 aliphatic rings. The Morgan fingerprint density at radius 2 is 2.00 bits per heavy atom. The van der Waals surface area contributed by atoms with E-state index in [2.05, 4.69) is 10.1 Å². The van der Waals surface area contributed by atoms with Gasteiger partial charge in [0.25, 0.3) is 0 Å². The van der Waals surface area contributed by atoms with Gasteiger partial charge in [-0.3, -0.25) is 4.79 Å². The second-order valence-electron chi connectivity index (χ2n) is 4.16. The molecule has 0 saturated carbocycles. The lowest BCUT2D eigenvalue weighted by Gasteiger charge is -2.17. The zero-order chi connectivity index (χ0) is 14.6. The molecular formula is C12H15F3N2O2. The summed E-state index contributed by atoms with van der Waals surface area (Å²) in [6.45, 7) is 0.131. The molecule has 0 saturated heterocycles. The number of hydrogen-bond donors (Lipinski definition) is 2. The number of alkyl halides is 2. The standard InChI is InChI=1S/C12H15F3N2O2/c1-6(7(2)16)11(18)17-9-4-3-8(13)5-10(9)19-12(14)15/h3-7,12H,16H2,1-2H3,(H,17,18). The molecule has 0 spiro atoms. The fourth-order valence-electron chi connectivity index (χ4n) is 1.28. The van der Waals surface area contributed by atoms with Gasteiger partial charge in [0.1, 0.15) is 5.82 Å². The molecule has 19 heavy (non-hydrogen) atoms. The molecule has 106 valence electrons. The maximum atomic E-state index is 13.0. The van der Waals surface area contributed by atoms with Crippen LogP contribution in [-0.2, 0) is 4.79 Å². The van der Waals surface area contributed by atoms with Crippen molar-refractivity contribution in [1.82, 2.24) is 0 Å². The van der Waals surface area contributed by atoms with E-state index in [-0.39, 0.29) is 5.69 Å². The summed E-state index contributed by atoms with van der Waals surface area (Å²) >= 11 is 0. The Morgan fingerprint density at radius 3 is 2.53 bits per heavy atom. The van der Waals surface area contributed by atoms with Crippen molar-refractivity contribution in [3.8, 4) is 5.75 Å². The number of ether oxygens (including phenoxy) is 1. The molecule has 1 amide bonds. The summed E-state index contributed by atoms with van der Waals surface area (Å²) in [6, 6.07) is 2.56. The minimum Gasteiger partial charge on any atom is -0.432 e. The van der Waals surface area contributed by atoms with Crippen LogP contribution in [0.15, 0.2) is 18.2 Å². The fraction of sp³-hybridized carbons (Fsp3) is 0.417. The van der Waals surface area contributed by atoms with Crippen LogP contribution in [0.4, 0.5) is 18.9 Å². The predicted octanol–water partition coefficient (Wildman–Crippen LogP) is 2.35. The number of benzene rings is 1. The molecule has 1 rings (SSSR count). The molecule has 0 aromatic heterocycles. The Hall–Kier alpha value is -1.76. The molecule has 0 heterocycles. The second-order valence-corrected chi connectivity index (χ2v) is 4.16. The van der Waals surface area contributed by atoms with Crippen LogP contribution in [-0.4, -0.2) is 18.6 Å². The maximum Gasteiger partial charge on any atom is 0.387 e. The van der Waals surface area contributed by atoms with Gasteiger partial charge in [-0.25, -0.2) is 4.39 Å². The van der Waals surface area contributed by atoms with E-state index in [1.807, 2.05) is 0 Å². The first-order valence-electron chi connectivity index (χ1n) is 5.62. The lowest BCUT2D eigenvalue weighted by molar-refractivity contribution is -0.119. The molecule has 0 aliphatic carbocycles. The molecule has 0 aliphatic heterocycles. The molecule has 0 fully saturated rings. The molecule has 1 aromatic rings. The molecule has 7 heteroatoms. The number of carbonyl (C=O) groups is 1. The number of amides is 1. The molecule has 4 nitrogen and oxygen atoms in total. The van der Waals surface area contributed by atoms with Crippen LogP contribution < -0.4 is 15.8 Å². The molecule has 2 unspecified atom stereocenters. The SMILES string of the molecule is CC(N)C(C)C(=O)Nc1ccc(F)cc1OC(F)F. The number of hydrogen-bond acceptors (Lipinski definition) is 3. The molecule has 0 radical (unpaired) electrons.